The fourth-order valence-corrected chi connectivity index (χ4v) is 3.79. The number of fused-ring (bicyclic) bond motifs is 2. The van der Waals surface area contributed by atoms with Crippen LogP contribution in [0.4, 0.5) is 0 Å². The van der Waals surface area contributed by atoms with E-state index in [0.29, 0.717) is 23.3 Å². The quantitative estimate of drug-likeness (QED) is 0.413. The van der Waals surface area contributed by atoms with Gasteiger partial charge in [0.15, 0.2) is 5.60 Å². The maximum absolute atomic E-state index is 13.0. The molecule has 0 saturated carbocycles. The normalized spacial score (nSPS) is 30.0. The van der Waals surface area contributed by atoms with Gasteiger partial charge in [-0.25, -0.2) is 0 Å². The molecule has 0 unspecified atom stereocenters. The summed E-state index contributed by atoms with van der Waals surface area (Å²) in [6.07, 6.45) is 11.6. The summed E-state index contributed by atoms with van der Waals surface area (Å²) in [6, 6.07) is 0. The lowest BCUT2D eigenvalue weighted by atomic mass is 9.69. The maximum atomic E-state index is 13.0. The van der Waals surface area contributed by atoms with Crippen LogP contribution in [0, 0.1) is 11.8 Å². The molecule has 1 aliphatic carbocycles. The van der Waals surface area contributed by atoms with Crippen molar-refractivity contribution >= 4 is 17.5 Å². The molecule has 0 aromatic carbocycles. The largest absolute Gasteiger partial charge is 0.464 e. The molecular formula is C21H24O5. The van der Waals surface area contributed by atoms with Crippen LogP contribution >= 0.6 is 0 Å². The number of esters is 1. The number of ketones is 2. The first-order valence-electron chi connectivity index (χ1n) is 9.16. The summed E-state index contributed by atoms with van der Waals surface area (Å²) in [5, 5.41) is 0. The lowest BCUT2D eigenvalue weighted by Gasteiger charge is -2.34. The van der Waals surface area contributed by atoms with Gasteiger partial charge >= 0.3 is 5.97 Å². The predicted octanol–water partition coefficient (Wildman–Crippen LogP) is 3.57. The molecule has 0 radical (unpaired) electrons. The number of Topliss-reactive ketones (excluding diaryl/α,β-unsaturated/α-hetero) is 2. The lowest BCUT2D eigenvalue weighted by molar-refractivity contribution is -0.157. The summed E-state index contributed by atoms with van der Waals surface area (Å²) in [5.74, 6) is -1.93. The Kier molecular flexibility index (Phi) is 4.99. The van der Waals surface area contributed by atoms with Crippen LogP contribution < -0.4 is 0 Å². The van der Waals surface area contributed by atoms with Gasteiger partial charge in [0.1, 0.15) is 23.7 Å². The van der Waals surface area contributed by atoms with Gasteiger partial charge in [-0.05, 0) is 38.0 Å². The molecule has 0 aromatic heterocycles. The molecule has 3 atom stereocenters. The van der Waals surface area contributed by atoms with Crippen molar-refractivity contribution in [3.8, 4) is 0 Å². The van der Waals surface area contributed by atoms with Crippen molar-refractivity contribution in [2.24, 2.45) is 11.8 Å². The summed E-state index contributed by atoms with van der Waals surface area (Å²) in [4.78, 5) is 38.1. The molecule has 26 heavy (non-hydrogen) atoms. The van der Waals surface area contributed by atoms with Gasteiger partial charge in [-0.1, -0.05) is 31.9 Å². The zero-order valence-electron chi connectivity index (χ0n) is 15.4. The Labute approximate surface area is 153 Å². The second-order valence-electron chi connectivity index (χ2n) is 7.10. The van der Waals surface area contributed by atoms with E-state index < -0.39 is 23.4 Å². The number of allylic oxidation sites excluding steroid dienone is 4. The average Bonchev–Trinajstić information content (AvgIpc) is 2.86. The number of hydrogen-bond donors (Lipinski definition) is 0. The molecule has 0 amide bonds. The van der Waals surface area contributed by atoms with Gasteiger partial charge in [-0.15, -0.1) is 0 Å². The minimum absolute atomic E-state index is 0.140. The molecule has 138 valence electrons. The fourth-order valence-electron chi connectivity index (χ4n) is 3.79. The van der Waals surface area contributed by atoms with E-state index in [9.17, 15) is 14.4 Å². The van der Waals surface area contributed by atoms with E-state index in [1.165, 1.54) is 6.26 Å². The van der Waals surface area contributed by atoms with Gasteiger partial charge in [0.05, 0.1) is 5.57 Å². The summed E-state index contributed by atoms with van der Waals surface area (Å²) in [6.45, 7) is 5.52. The van der Waals surface area contributed by atoms with E-state index >= 15 is 0 Å². The first-order chi connectivity index (χ1) is 12.4. The molecule has 3 rings (SSSR count). The average molecular weight is 356 g/mol. The lowest BCUT2D eigenvalue weighted by Crippen LogP contribution is -2.46. The number of carbonyl (C=O) groups excluding carboxylic acids is 3. The van der Waals surface area contributed by atoms with Gasteiger partial charge in [-0.2, -0.15) is 0 Å². The van der Waals surface area contributed by atoms with Crippen LogP contribution in [0.25, 0.3) is 0 Å². The molecule has 0 spiro atoms. The highest BCUT2D eigenvalue weighted by molar-refractivity contribution is 6.13. The molecule has 2 heterocycles. The first-order valence-corrected chi connectivity index (χ1v) is 9.16. The third kappa shape index (κ3) is 2.96. The second-order valence-corrected chi connectivity index (χ2v) is 7.10. The summed E-state index contributed by atoms with van der Waals surface area (Å²) in [5.41, 5.74) is -0.280. The van der Waals surface area contributed by atoms with E-state index in [1.807, 2.05) is 19.1 Å². The molecule has 1 saturated heterocycles. The van der Waals surface area contributed by atoms with Gasteiger partial charge in [0.25, 0.3) is 0 Å². The first kappa shape index (κ1) is 18.4. The Morgan fingerprint density at radius 2 is 2.08 bits per heavy atom. The molecule has 5 heteroatoms. The minimum Gasteiger partial charge on any atom is -0.464 e. The van der Waals surface area contributed by atoms with E-state index in [2.05, 4.69) is 6.92 Å². The van der Waals surface area contributed by atoms with Crippen molar-refractivity contribution in [3.63, 3.8) is 0 Å². The molecule has 0 aromatic rings. The number of ether oxygens (including phenoxy) is 2. The van der Waals surface area contributed by atoms with Gasteiger partial charge in [0.2, 0.25) is 5.78 Å². The number of carbonyl (C=O) groups is 3. The molecule has 2 aliphatic heterocycles. The third-order valence-corrected chi connectivity index (χ3v) is 5.24. The second kappa shape index (κ2) is 7.06. The highest BCUT2D eigenvalue weighted by Crippen LogP contribution is 2.47. The van der Waals surface area contributed by atoms with Crippen LogP contribution in [0.1, 0.15) is 46.5 Å². The molecule has 1 fully saturated rings. The summed E-state index contributed by atoms with van der Waals surface area (Å²) < 4.78 is 10.9. The smallest absolute Gasteiger partial charge is 0.318 e. The molecular weight excluding hydrogens is 332 g/mol. The molecule has 0 bridgehead atoms. The maximum Gasteiger partial charge on any atom is 0.318 e. The van der Waals surface area contributed by atoms with Gasteiger partial charge in [0, 0.05) is 12.3 Å². The van der Waals surface area contributed by atoms with Crippen LogP contribution in [0.3, 0.4) is 0 Å². The number of unbranched alkanes of at least 4 members (excludes halogenated alkanes) is 2. The Bertz CT molecular complexity index is 767. The minimum atomic E-state index is -1.34. The Balaban J connectivity index is 1.95. The molecule has 3 aliphatic rings. The van der Waals surface area contributed by atoms with Crippen LogP contribution in [0.5, 0.6) is 0 Å². The Morgan fingerprint density at radius 3 is 2.77 bits per heavy atom. The van der Waals surface area contributed by atoms with Crippen LogP contribution in [0.15, 0.2) is 47.5 Å². The number of rotatable bonds is 6. The van der Waals surface area contributed by atoms with Gasteiger partial charge < -0.3 is 9.47 Å². The van der Waals surface area contributed by atoms with E-state index in [0.717, 1.165) is 19.3 Å². The van der Waals surface area contributed by atoms with Crippen molar-refractivity contribution in [1.29, 1.82) is 0 Å². The van der Waals surface area contributed by atoms with Gasteiger partial charge in [-0.3, -0.25) is 14.4 Å². The van der Waals surface area contributed by atoms with E-state index in [1.54, 1.807) is 19.1 Å². The Hall–Kier alpha value is -2.43. The van der Waals surface area contributed by atoms with Crippen molar-refractivity contribution in [2.75, 3.05) is 0 Å². The van der Waals surface area contributed by atoms with E-state index in [-0.39, 0.29) is 11.6 Å². The monoisotopic (exact) mass is 356 g/mol. The van der Waals surface area contributed by atoms with Crippen LogP contribution in [-0.4, -0.2) is 23.1 Å². The summed E-state index contributed by atoms with van der Waals surface area (Å²) >= 11 is 0. The van der Waals surface area contributed by atoms with Crippen molar-refractivity contribution in [1.82, 2.24) is 0 Å². The van der Waals surface area contributed by atoms with Crippen molar-refractivity contribution < 1.29 is 23.9 Å². The highest BCUT2D eigenvalue weighted by Gasteiger charge is 2.61. The van der Waals surface area contributed by atoms with Crippen LogP contribution in [-0.2, 0) is 23.9 Å². The van der Waals surface area contributed by atoms with Crippen molar-refractivity contribution in [3.05, 3.63) is 47.5 Å². The molecule has 0 N–H and O–H groups in total. The van der Waals surface area contributed by atoms with Crippen LogP contribution in [0.2, 0.25) is 0 Å². The zero-order valence-corrected chi connectivity index (χ0v) is 15.4. The molecule has 5 nitrogen and oxygen atoms in total. The predicted molar refractivity (Wildman–Crippen MR) is 95.8 cm³/mol. The standard InChI is InChI=1S/C21H24O5/c1-4-6-7-9-17(22)18-16-11-13-10-14(8-5-2)25-12-15(13)19(23)21(16,3)26-20(18)24/h5,8,10-12,16,18H,4,6-7,9H2,1-3H3/b8-5-/t16-,18-,21+/m0/s1. The van der Waals surface area contributed by atoms with Crippen molar-refractivity contribution in [2.45, 2.75) is 52.1 Å². The number of hydrogen-bond acceptors (Lipinski definition) is 5. The fraction of sp³-hybridized carbons (Fsp3) is 0.476. The SMILES string of the molecule is C/C=C\C1=CC2=C[C@H]3[C@@H](C(=O)CCCCC)C(=O)O[C@@]3(C)C(=O)C2=CO1. The summed E-state index contributed by atoms with van der Waals surface area (Å²) in [7, 11) is 0. The van der Waals surface area contributed by atoms with E-state index in [4.69, 9.17) is 9.47 Å². The zero-order chi connectivity index (χ0) is 18.9. The third-order valence-electron chi connectivity index (χ3n) is 5.24. The Morgan fingerprint density at radius 1 is 1.31 bits per heavy atom. The topological polar surface area (TPSA) is 69.7 Å². The highest BCUT2D eigenvalue weighted by atomic mass is 16.6.